The van der Waals surface area contributed by atoms with Crippen LogP contribution in [0.5, 0.6) is 0 Å². The van der Waals surface area contributed by atoms with Crippen molar-refractivity contribution in [3.05, 3.63) is 0 Å². The van der Waals surface area contributed by atoms with E-state index in [1.165, 1.54) is 13.1 Å². The van der Waals surface area contributed by atoms with Gasteiger partial charge < -0.3 is 15.4 Å². The van der Waals surface area contributed by atoms with E-state index >= 15 is 0 Å². The Balaban J connectivity index is 1.78. The summed E-state index contributed by atoms with van der Waals surface area (Å²) in [5, 5.41) is 0. The lowest BCUT2D eigenvalue weighted by molar-refractivity contribution is 0.0147. The molecule has 0 aromatic carbocycles. The highest BCUT2D eigenvalue weighted by Gasteiger charge is 2.33. The Bertz CT molecular complexity index is 172. The van der Waals surface area contributed by atoms with Crippen molar-refractivity contribution >= 4 is 0 Å². The summed E-state index contributed by atoms with van der Waals surface area (Å²) in [5.41, 5.74) is 6.33. The zero-order valence-corrected chi connectivity index (χ0v) is 8.46. The molecule has 0 unspecified atom stereocenters. The van der Waals surface area contributed by atoms with Crippen molar-refractivity contribution in [2.24, 2.45) is 11.7 Å². The topological polar surface area (TPSA) is 38.5 Å². The molecule has 2 saturated heterocycles. The molecule has 2 rings (SSSR count). The fraction of sp³-hybridized carbons (Fsp3) is 1.00. The van der Waals surface area contributed by atoms with Gasteiger partial charge in [-0.3, -0.25) is 0 Å². The normalized spacial score (nSPS) is 30.0. The fourth-order valence-corrected chi connectivity index (χ4v) is 2.34. The van der Waals surface area contributed by atoms with E-state index in [1.54, 1.807) is 0 Å². The highest BCUT2D eigenvalue weighted by atomic mass is 16.5. The number of hydrogen-bond acceptors (Lipinski definition) is 3. The molecular formula is C10H20N2O. The summed E-state index contributed by atoms with van der Waals surface area (Å²) in [7, 11) is 0. The Kier molecular flexibility index (Phi) is 2.58. The number of ether oxygens (including phenoxy) is 1. The van der Waals surface area contributed by atoms with E-state index in [1.807, 2.05) is 0 Å². The van der Waals surface area contributed by atoms with Crippen molar-refractivity contribution < 1.29 is 4.74 Å². The first-order valence-corrected chi connectivity index (χ1v) is 5.27. The Morgan fingerprint density at radius 2 is 2.00 bits per heavy atom. The zero-order chi connectivity index (χ0) is 9.31. The van der Waals surface area contributed by atoms with E-state index in [4.69, 9.17) is 10.5 Å². The monoisotopic (exact) mass is 184 g/mol. The summed E-state index contributed by atoms with van der Waals surface area (Å²) in [6.07, 6.45) is 2.05. The maximum atomic E-state index is 6.29. The van der Waals surface area contributed by atoms with Gasteiger partial charge in [-0.15, -0.1) is 0 Å². The highest BCUT2D eigenvalue weighted by Crippen LogP contribution is 2.23. The highest BCUT2D eigenvalue weighted by molar-refractivity contribution is 4.92. The molecule has 0 aliphatic carbocycles. The molecule has 0 saturated carbocycles. The lowest BCUT2D eigenvalue weighted by Crippen LogP contribution is -2.58. The second-order valence-electron chi connectivity index (χ2n) is 4.77. The molecule has 2 aliphatic heterocycles. The number of hydrogen-bond donors (Lipinski definition) is 1. The van der Waals surface area contributed by atoms with Crippen molar-refractivity contribution in [1.82, 2.24) is 4.90 Å². The Morgan fingerprint density at radius 1 is 1.38 bits per heavy atom. The van der Waals surface area contributed by atoms with E-state index in [0.29, 0.717) is 0 Å². The van der Waals surface area contributed by atoms with E-state index in [-0.39, 0.29) is 5.54 Å². The first-order valence-electron chi connectivity index (χ1n) is 5.27. The van der Waals surface area contributed by atoms with Crippen LogP contribution in [0.1, 0.15) is 19.8 Å². The predicted molar refractivity (Wildman–Crippen MR) is 52.6 cm³/mol. The lowest BCUT2D eigenvalue weighted by atomic mass is 9.88. The number of likely N-dealkylation sites (tertiary alicyclic amines) is 1. The minimum atomic E-state index is 0.0401. The first-order chi connectivity index (χ1) is 6.18. The molecule has 0 bridgehead atoms. The van der Waals surface area contributed by atoms with Crippen molar-refractivity contribution in [3.8, 4) is 0 Å². The summed E-state index contributed by atoms with van der Waals surface area (Å²) < 4.78 is 5.32. The van der Waals surface area contributed by atoms with Crippen LogP contribution in [0, 0.1) is 5.92 Å². The van der Waals surface area contributed by atoms with Crippen LogP contribution in [0.25, 0.3) is 0 Å². The van der Waals surface area contributed by atoms with Crippen LogP contribution in [0.4, 0.5) is 0 Å². The Labute approximate surface area is 80.2 Å². The second kappa shape index (κ2) is 3.56. The molecule has 0 aromatic heterocycles. The SMILES string of the molecule is CC1CN(CC2(N)CCOCC2)C1. The number of rotatable bonds is 2. The minimum Gasteiger partial charge on any atom is -0.381 e. The van der Waals surface area contributed by atoms with Gasteiger partial charge >= 0.3 is 0 Å². The second-order valence-corrected chi connectivity index (χ2v) is 4.77. The number of nitrogens with two attached hydrogens (primary N) is 1. The summed E-state index contributed by atoms with van der Waals surface area (Å²) in [4.78, 5) is 2.47. The van der Waals surface area contributed by atoms with Crippen molar-refractivity contribution in [3.63, 3.8) is 0 Å². The average molecular weight is 184 g/mol. The molecule has 2 fully saturated rings. The smallest absolute Gasteiger partial charge is 0.0484 e. The van der Waals surface area contributed by atoms with Gasteiger partial charge in [0.05, 0.1) is 0 Å². The van der Waals surface area contributed by atoms with Crippen LogP contribution >= 0.6 is 0 Å². The van der Waals surface area contributed by atoms with Crippen LogP contribution in [0.2, 0.25) is 0 Å². The van der Waals surface area contributed by atoms with E-state index in [9.17, 15) is 0 Å². The van der Waals surface area contributed by atoms with Crippen LogP contribution < -0.4 is 5.73 Å². The van der Waals surface area contributed by atoms with E-state index in [0.717, 1.165) is 38.5 Å². The zero-order valence-electron chi connectivity index (χ0n) is 8.46. The Hall–Kier alpha value is -0.120. The molecule has 0 amide bonds. The summed E-state index contributed by atoms with van der Waals surface area (Å²) in [6, 6.07) is 0. The van der Waals surface area contributed by atoms with E-state index in [2.05, 4.69) is 11.8 Å². The summed E-state index contributed by atoms with van der Waals surface area (Å²) in [6.45, 7) is 7.53. The van der Waals surface area contributed by atoms with Crippen LogP contribution in [-0.2, 0) is 4.74 Å². The largest absolute Gasteiger partial charge is 0.381 e. The summed E-state index contributed by atoms with van der Waals surface area (Å²) >= 11 is 0. The average Bonchev–Trinajstić information content (AvgIpc) is 2.02. The quantitative estimate of drug-likeness (QED) is 0.677. The molecule has 2 heterocycles. The molecule has 0 aromatic rings. The third kappa shape index (κ3) is 2.22. The predicted octanol–water partition coefficient (Wildman–Crippen LogP) is 0.446. The van der Waals surface area contributed by atoms with Gasteiger partial charge in [-0.25, -0.2) is 0 Å². The van der Waals surface area contributed by atoms with Crippen LogP contribution in [0.15, 0.2) is 0 Å². The van der Waals surface area contributed by atoms with Crippen LogP contribution in [0.3, 0.4) is 0 Å². The fourth-order valence-electron chi connectivity index (χ4n) is 2.34. The van der Waals surface area contributed by atoms with Gasteiger partial charge in [-0.1, -0.05) is 6.92 Å². The van der Waals surface area contributed by atoms with Gasteiger partial charge in [-0.05, 0) is 18.8 Å². The van der Waals surface area contributed by atoms with Gasteiger partial charge in [0.25, 0.3) is 0 Å². The third-order valence-electron chi connectivity index (χ3n) is 3.17. The number of nitrogens with zero attached hydrogens (tertiary/aromatic N) is 1. The van der Waals surface area contributed by atoms with Gasteiger partial charge in [0.1, 0.15) is 0 Å². The molecular weight excluding hydrogens is 164 g/mol. The maximum Gasteiger partial charge on any atom is 0.0484 e. The molecule has 2 aliphatic rings. The van der Waals surface area contributed by atoms with E-state index < -0.39 is 0 Å². The van der Waals surface area contributed by atoms with Crippen molar-refractivity contribution in [2.45, 2.75) is 25.3 Å². The molecule has 2 N–H and O–H groups in total. The first kappa shape index (κ1) is 9.44. The van der Waals surface area contributed by atoms with Gasteiger partial charge in [-0.2, -0.15) is 0 Å². The lowest BCUT2D eigenvalue weighted by Gasteiger charge is -2.44. The van der Waals surface area contributed by atoms with Crippen molar-refractivity contribution in [1.29, 1.82) is 0 Å². The molecule has 0 spiro atoms. The van der Waals surface area contributed by atoms with Gasteiger partial charge in [0, 0.05) is 38.4 Å². The molecule has 0 atom stereocenters. The van der Waals surface area contributed by atoms with Gasteiger partial charge in [0.2, 0.25) is 0 Å². The van der Waals surface area contributed by atoms with Crippen molar-refractivity contribution in [2.75, 3.05) is 32.8 Å². The maximum absolute atomic E-state index is 6.29. The molecule has 3 heteroatoms. The summed E-state index contributed by atoms with van der Waals surface area (Å²) in [5.74, 6) is 0.878. The van der Waals surface area contributed by atoms with Crippen LogP contribution in [-0.4, -0.2) is 43.3 Å². The molecule has 76 valence electrons. The molecule has 3 nitrogen and oxygen atoms in total. The minimum absolute atomic E-state index is 0.0401. The standard InChI is InChI=1S/C10H20N2O/c1-9-6-12(7-9)8-10(11)2-4-13-5-3-10/h9H,2-8,11H2,1H3. The Morgan fingerprint density at radius 3 is 2.54 bits per heavy atom. The third-order valence-corrected chi connectivity index (χ3v) is 3.17. The molecule has 13 heavy (non-hydrogen) atoms. The molecule has 0 radical (unpaired) electrons. The van der Waals surface area contributed by atoms with Gasteiger partial charge in [0.15, 0.2) is 0 Å².